The van der Waals surface area contributed by atoms with Gasteiger partial charge < -0.3 is 24.6 Å². The number of amides is 2. The highest BCUT2D eigenvalue weighted by Crippen LogP contribution is 2.48. The Morgan fingerprint density at radius 3 is 2.53 bits per heavy atom. The molecule has 2 aliphatic rings. The molecule has 0 saturated carbocycles. The van der Waals surface area contributed by atoms with Crippen molar-refractivity contribution >= 4 is 34.9 Å². The van der Waals surface area contributed by atoms with Crippen LogP contribution in [0.1, 0.15) is 53.2 Å². The quantitative estimate of drug-likeness (QED) is 0.269. The number of aromatic nitrogens is 6. The summed E-state index contributed by atoms with van der Waals surface area (Å²) in [5, 5.41) is 16.9. The molecule has 1 saturated heterocycles. The van der Waals surface area contributed by atoms with Gasteiger partial charge in [-0.15, -0.1) is 5.10 Å². The van der Waals surface area contributed by atoms with Gasteiger partial charge >= 0.3 is 6.18 Å². The largest absolute Gasteiger partial charge is 0.505 e. The van der Waals surface area contributed by atoms with E-state index in [9.17, 15) is 32.7 Å². The van der Waals surface area contributed by atoms with Crippen molar-refractivity contribution in [3.05, 3.63) is 98.9 Å². The topological polar surface area (TPSA) is 157 Å². The van der Waals surface area contributed by atoms with Crippen molar-refractivity contribution in [2.45, 2.75) is 44.2 Å². The van der Waals surface area contributed by atoms with Gasteiger partial charge in [-0.25, -0.2) is 4.98 Å². The van der Waals surface area contributed by atoms with Crippen LogP contribution in [-0.2, 0) is 27.9 Å². The number of fused-ring (bicyclic) bond motifs is 3. The van der Waals surface area contributed by atoms with Crippen molar-refractivity contribution < 1.29 is 32.6 Å². The van der Waals surface area contributed by atoms with Gasteiger partial charge in [0.1, 0.15) is 17.9 Å². The number of ether oxygens (including phenoxy) is 1. The van der Waals surface area contributed by atoms with Crippen LogP contribution in [0.25, 0.3) is 17.2 Å². The van der Waals surface area contributed by atoms with Crippen molar-refractivity contribution in [3.8, 4) is 17.1 Å². The Kier molecular flexibility index (Phi) is 7.86. The number of hydrogen-bond donors (Lipinski definition) is 2. The average Bonchev–Trinajstić information content (AvgIpc) is 3.64. The molecule has 1 fully saturated rings. The van der Waals surface area contributed by atoms with E-state index in [0.29, 0.717) is 11.3 Å². The maximum atomic E-state index is 14.3. The Hall–Kier alpha value is -5.35. The second-order valence-corrected chi connectivity index (χ2v) is 12.1. The van der Waals surface area contributed by atoms with E-state index in [-0.39, 0.29) is 65.3 Å². The molecule has 2 N–H and O–H groups in total. The molecule has 6 heterocycles. The van der Waals surface area contributed by atoms with Crippen molar-refractivity contribution in [2.75, 3.05) is 18.4 Å². The van der Waals surface area contributed by atoms with E-state index in [4.69, 9.17) is 16.3 Å². The second-order valence-electron chi connectivity index (χ2n) is 11.7. The lowest BCUT2D eigenvalue weighted by Crippen LogP contribution is -2.47. The summed E-state index contributed by atoms with van der Waals surface area (Å²) in [6, 6.07) is 8.80. The van der Waals surface area contributed by atoms with Gasteiger partial charge in [-0.1, -0.05) is 11.6 Å². The van der Waals surface area contributed by atoms with Crippen LogP contribution >= 0.6 is 11.6 Å². The third kappa shape index (κ3) is 5.65. The van der Waals surface area contributed by atoms with Gasteiger partial charge in [0.05, 0.1) is 33.6 Å². The van der Waals surface area contributed by atoms with E-state index in [1.165, 1.54) is 27.8 Å². The Bertz CT molecular complexity index is 2180. The molecule has 13 nitrogen and oxygen atoms in total. The average molecular weight is 695 g/mol. The fraction of sp³-hybridized carbons (Fsp3) is 0.281. The number of aromatic hydroxyl groups is 1. The number of nitrogens with one attached hydrogen (secondary N) is 1. The van der Waals surface area contributed by atoms with Crippen LogP contribution in [0.3, 0.4) is 0 Å². The van der Waals surface area contributed by atoms with E-state index >= 15 is 0 Å². The zero-order valence-corrected chi connectivity index (χ0v) is 26.4. The van der Waals surface area contributed by atoms with Crippen molar-refractivity contribution in [1.29, 1.82) is 0 Å². The smallest absolute Gasteiger partial charge is 0.416 e. The molecule has 2 amide bonds. The molecule has 2 aliphatic heterocycles. The summed E-state index contributed by atoms with van der Waals surface area (Å²) in [5.41, 5.74) is -1.56. The Labute approximate surface area is 280 Å². The van der Waals surface area contributed by atoms with Crippen molar-refractivity contribution in [1.82, 2.24) is 34.0 Å². The molecule has 0 bridgehead atoms. The lowest BCUT2D eigenvalue weighted by atomic mass is 9.85. The molecule has 49 heavy (non-hydrogen) atoms. The van der Waals surface area contributed by atoms with E-state index in [1.807, 2.05) is 0 Å². The van der Waals surface area contributed by atoms with E-state index < -0.39 is 47.4 Å². The molecule has 5 aromatic rings. The van der Waals surface area contributed by atoms with Crippen molar-refractivity contribution in [3.63, 3.8) is 0 Å². The normalized spacial score (nSPS) is 17.0. The molecule has 0 unspecified atom stereocenters. The minimum atomic E-state index is -4.62. The molecule has 1 spiro atoms. The van der Waals surface area contributed by atoms with Crippen molar-refractivity contribution in [2.24, 2.45) is 0 Å². The van der Waals surface area contributed by atoms with Gasteiger partial charge in [-0.2, -0.15) is 22.7 Å². The molecule has 0 aliphatic carbocycles. The van der Waals surface area contributed by atoms with Crippen LogP contribution in [0, 0.1) is 0 Å². The summed E-state index contributed by atoms with van der Waals surface area (Å²) in [5.74, 6) is -1.15. The molecule has 7 rings (SSSR count). The summed E-state index contributed by atoms with van der Waals surface area (Å²) < 4.78 is 48.7. The number of hydrogen-bond acceptors (Lipinski definition) is 9. The minimum Gasteiger partial charge on any atom is -0.505 e. The predicted octanol–water partition coefficient (Wildman–Crippen LogP) is 4.59. The molecule has 17 heteroatoms. The van der Waals surface area contributed by atoms with Crippen LogP contribution in [-0.4, -0.2) is 64.0 Å². The minimum absolute atomic E-state index is 0.0370. The standard InChI is InChI=1S/C32H26ClF3N8O5/c1-17-26-24(31(49-17)8-13-42(14-9-31)29(48)25-22(45)3-2-10-38-25)28(47)44-30(40-27(41-44)18-6-11-37-12-7-18)43(26)16-23(46)39-21-5-4-19(15-20(21)33)32(34,35)36/h2-7,10-12,15,17,45H,8-9,13-14,16H2,1H3,(H,39,46)/t17-/m1/s1. The zero-order chi connectivity index (χ0) is 34.7. The highest BCUT2D eigenvalue weighted by molar-refractivity contribution is 6.33. The summed E-state index contributed by atoms with van der Waals surface area (Å²) >= 11 is 6.11. The molecular weight excluding hydrogens is 669 g/mol. The van der Waals surface area contributed by atoms with E-state index in [1.54, 1.807) is 31.5 Å². The summed E-state index contributed by atoms with van der Waals surface area (Å²) in [6.07, 6.45) is -0.418. The first-order valence-corrected chi connectivity index (χ1v) is 15.5. The third-order valence-electron chi connectivity index (χ3n) is 8.69. The lowest BCUT2D eigenvalue weighted by Gasteiger charge is -2.39. The first kappa shape index (κ1) is 32.2. The Balaban J connectivity index is 1.27. The van der Waals surface area contributed by atoms with E-state index in [2.05, 4.69) is 25.4 Å². The van der Waals surface area contributed by atoms with Crippen LogP contribution < -0.4 is 10.9 Å². The summed E-state index contributed by atoms with van der Waals surface area (Å²) in [4.78, 5) is 55.1. The molecule has 4 aromatic heterocycles. The number of halogens is 4. The maximum Gasteiger partial charge on any atom is 0.416 e. The molecule has 252 valence electrons. The molecule has 0 radical (unpaired) electrons. The zero-order valence-electron chi connectivity index (χ0n) is 25.6. The number of carbonyl (C=O) groups is 2. The monoisotopic (exact) mass is 694 g/mol. The highest BCUT2D eigenvalue weighted by Gasteiger charge is 2.50. The van der Waals surface area contributed by atoms with Gasteiger partial charge in [0.25, 0.3) is 11.5 Å². The number of carbonyl (C=O) groups excluding carboxylic acids is 2. The number of nitrogens with zero attached hydrogens (tertiary/aromatic N) is 7. The van der Waals surface area contributed by atoms with Crippen LogP contribution in [0.15, 0.2) is 65.8 Å². The Morgan fingerprint density at radius 1 is 1.12 bits per heavy atom. The van der Waals surface area contributed by atoms with Crippen LogP contribution in [0.5, 0.6) is 5.75 Å². The summed E-state index contributed by atoms with van der Waals surface area (Å²) in [7, 11) is 0. The van der Waals surface area contributed by atoms with Gasteiger partial charge in [-0.05, 0) is 62.2 Å². The molecule has 1 atom stereocenters. The van der Waals surface area contributed by atoms with Gasteiger partial charge in [0, 0.05) is 37.2 Å². The molecule has 1 aromatic carbocycles. The van der Waals surface area contributed by atoms with Crippen LogP contribution in [0.2, 0.25) is 5.02 Å². The van der Waals surface area contributed by atoms with E-state index in [0.717, 1.165) is 22.7 Å². The number of anilines is 1. The number of likely N-dealkylation sites (tertiary alicyclic amines) is 1. The third-order valence-corrected chi connectivity index (χ3v) is 9.00. The first-order chi connectivity index (χ1) is 23.4. The van der Waals surface area contributed by atoms with Crippen LogP contribution in [0.4, 0.5) is 18.9 Å². The fourth-order valence-electron chi connectivity index (χ4n) is 6.43. The Morgan fingerprint density at radius 2 is 1.86 bits per heavy atom. The number of benzene rings is 1. The number of rotatable bonds is 5. The SMILES string of the molecule is C[C@H]1OC2(CCN(C(=O)c3ncccc3O)CC2)c2c1n(CC(=O)Nc1ccc(C(F)(F)F)cc1Cl)c1nc(-c3ccncc3)nn1c2=O. The second kappa shape index (κ2) is 12.0. The maximum absolute atomic E-state index is 14.3. The predicted molar refractivity (Wildman–Crippen MR) is 168 cm³/mol. The number of piperidine rings is 1. The summed E-state index contributed by atoms with van der Waals surface area (Å²) in [6.45, 7) is 1.65. The molecular formula is C32H26ClF3N8O5. The highest BCUT2D eigenvalue weighted by atomic mass is 35.5. The first-order valence-electron chi connectivity index (χ1n) is 15.1. The van der Waals surface area contributed by atoms with Gasteiger partial charge in [0.2, 0.25) is 11.7 Å². The fourth-order valence-corrected chi connectivity index (χ4v) is 6.66. The van der Waals surface area contributed by atoms with Gasteiger partial charge in [0.15, 0.2) is 11.5 Å². The number of pyridine rings is 2. The number of alkyl halides is 3. The lowest BCUT2D eigenvalue weighted by molar-refractivity contribution is -0.137. The van der Waals surface area contributed by atoms with Gasteiger partial charge in [-0.3, -0.25) is 19.4 Å².